The predicted molar refractivity (Wildman–Crippen MR) is 126 cm³/mol. The van der Waals surface area contributed by atoms with E-state index in [1.165, 1.54) is 48.8 Å². The summed E-state index contributed by atoms with van der Waals surface area (Å²) in [6.07, 6.45) is 8.10. The van der Waals surface area contributed by atoms with Gasteiger partial charge in [0.2, 0.25) is 0 Å². The third-order valence-electron chi connectivity index (χ3n) is 9.87. The standard InChI is InChI=1S/C28H42O3/c1-17-18(2)25(31-23(29)11-15-30-8)19(3)20-16-22-27(6)13-9-12-26(4,5)21(27)10-14-28(22,7)24(17)20/h21-22H,9-16H2,1-8H3/t21?,22-,27+,28?/m1/s1. The Labute approximate surface area is 189 Å². The van der Waals surface area contributed by atoms with Gasteiger partial charge in [-0.25, -0.2) is 0 Å². The molecule has 0 bridgehead atoms. The molecule has 0 amide bonds. The summed E-state index contributed by atoms with van der Waals surface area (Å²) in [5.74, 6) is 2.07. The van der Waals surface area contributed by atoms with Crippen LogP contribution in [0, 0.1) is 43.4 Å². The second-order valence-corrected chi connectivity index (χ2v) is 11.9. The van der Waals surface area contributed by atoms with Gasteiger partial charge in [0.15, 0.2) is 0 Å². The maximum atomic E-state index is 12.4. The highest BCUT2D eigenvalue weighted by Crippen LogP contribution is 2.68. The van der Waals surface area contributed by atoms with Gasteiger partial charge >= 0.3 is 5.97 Å². The van der Waals surface area contributed by atoms with Crippen LogP contribution in [-0.2, 0) is 21.4 Å². The number of methoxy groups -OCH3 is 1. The molecule has 2 unspecified atom stereocenters. The lowest BCUT2D eigenvalue weighted by molar-refractivity contribution is -0.135. The molecule has 0 saturated heterocycles. The molecular formula is C28H42O3. The summed E-state index contributed by atoms with van der Waals surface area (Å²) in [6.45, 7) is 17.1. The van der Waals surface area contributed by atoms with Crippen molar-refractivity contribution in [1.82, 2.24) is 0 Å². The van der Waals surface area contributed by atoms with Crippen LogP contribution in [0.15, 0.2) is 0 Å². The molecule has 0 aromatic heterocycles. The molecular weight excluding hydrogens is 384 g/mol. The molecule has 31 heavy (non-hydrogen) atoms. The first-order valence-corrected chi connectivity index (χ1v) is 12.3. The van der Waals surface area contributed by atoms with Crippen LogP contribution in [-0.4, -0.2) is 19.7 Å². The van der Waals surface area contributed by atoms with Gasteiger partial charge < -0.3 is 9.47 Å². The number of carbonyl (C=O) groups is 1. The molecule has 0 radical (unpaired) electrons. The van der Waals surface area contributed by atoms with Crippen LogP contribution in [0.25, 0.3) is 0 Å². The summed E-state index contributed by atoms with van der Waals surface area (Å²) in [5.41, 5.74) is 7.77. The van der Waals surface area contributed by atoms with Crippen LogP contribution >= 0.6 is 0 Å². The largest absolute Gasteiger partial charge is 0.426 e. The topological polar surface area (TPSA) is 35.5 Å². The van der Waals surface area contributed by atoms with Gasteiger partial charge in [-0.05, 0) is 109 Å². The van der Waals surface area contributed by atoms with Crippen LogP contribution < -0.4 is 4.74 Å². The van der Waals surface area contributed by atoms with Crippen LogP contribution in [0.1, 0.15) is 94.0 Å². The summed E-state index contributed by atoms with van der Waals surface area (Å²) < 4.78 is 11.0. The van der Waals surface area contributed by atoms with Crippen molar-refractivity contribution in [3.8, 4) is 5.75 Å². The van der Waals surface area contributed by atoms with Crippen molar-refractivity contribution in [2.24, 2.45) is 22.7 Å². The van der Waals surface area contributed by atoms with E-state index in [9.17, 15) is 4.79 Å². The van der Waals surface area contributed by atoms with Gasteiger partial charge in [0.25, 0.3) is 0 Å². The normalized spacial score (nSPS) is 33.4. The smallest absolute Gasteiger partial charge is 0.313 e. The van der Waals surface area contributed by atoms with Crippen LogP contribution in [0.5, 0.6) is 5.75 Å². The first kappa shape index (κ1) is 22.8. The van der Waals surface area contributed by atoms with Gasteiger partial charge in [0.05, 0.1) is 13.0 Å². The van der Waals surface area contributed by atoms with Crippen LogP contribution in [0.4, 0.5) is 0 Å². The van der Waals surface area contributed by atoms with E-state index in [4.69, 9.17) is 9.47 Å². The quantitative estimate of drug-likeness (QED) is 0.401. The van der Waals surface area contributed by atoms with Crippen LogP contribution in [0.2, 0.25) is 0 Å². The number of benzene rings is 1. The van der Waals surface area contributed by atoms with Gasteiger partial charge in [-0.3, -0.25) is 4.79 Å². The Morgan fingerprint density at radius 2 is 1.68 bits per heavy atom. The van der Waals surface area contributed by atoms with Gasteiger partial charge in [0, 0.05) is 7.11 Å². The molecule has 2 fully saturated rings. The summed E-state index contributed by atoms with van der Waals surface area (Å²) >= 11 is 0. The summed E-state index contributed by atoms with van der Waals surface area (Å²) in [5, 5.41) is 0. The Morgan fingerprint density at radius 3 is 2.35 bits per heavy atom. The second kappa shape index (κ2) is 7.61. The molecule has 3 nitrogen and oxygen atoms in total. The lowest BCUT2D eigenvalue weighted by Gasteiger charge is -2.61. The van der Waals surface area contributed by atoms with E-state index >= 15 is 0 Å². The molecule has 4 rings (SSSR count). The minimum absolute atomic E-state index is 0.199. The third-order valence-corrected chi connectivity index (χ3v) is 9.87. The van der Waals surface area contributed by atoms with Crippen molar-refractivity contribution in [3.63, 3.8) is 0 Å². The van der Waals surface area contributed by atoms with Crippen molar-refractivity contribution in [2.75, 3.05) is 13.7 Å². The zero-order valence-corrected chi connectivity index (χ0v) is 21.0. The molecule has 0 aliphatic heterocycles. The summed E-state index contributed by atoms with van der Waals surface area (Å²) in [4.78, 5) is 12.4. The number of carbonyl (C=O) groups excluding carboxylic acids is 1. The number of ether oxygens (including phenoxy) is 2. The highest BCUT2D eigenvalue weighted by atomic mass is 16.5. The zero-order valence-electron chi connectivity index (χ0n) is 21.0. The third kappa shape index (κ3) is 3.29. The predicted octanol–water partition coefficient (Wildman–Crippen LogP) is 6.61. The molecule has 0 heterocycles. The lowest BCUT2D eigenvalue weighted by Crippen LogP contribution is -2.55. The molecule has 1 aromatic carbocycles. The monoisotopic (exact) mass is 426 g/mol. The number of hydrogen-bond acceptors (Lipinski definition) is 3. The number of fused-ring (bicyclic) bond motifs is 5. The maximum absolute atomic E-state index is 12.4. The van der Waals surface area contributed by atoms with Gasteiger partial charge in [-0.15, -0.1) is 0 Å². The van der Waals surface area contributed by atoms with Crippen LogP contribution in [0.3, 0.4) is 0 Å². The van der Waals surface area contributed by atoms with E-state index in [1.807, 2.05) is 0 Å². The Hall–Kier alpha value is -1.35. The van der Waals surface area contributed by atoms with Crippen molar-refractivity contribution in [3.05, 3.63) is 27.8 Å². The van der Waals surface area contributed by atoms with E-state index in [1.54, 1.807) is 12.7 Å². The van der Waals surface area contributed by atoms with Gasteiger partial charge in [-0.2, -0.15) is 0 Å². The first-order chi connectivity index (χ1) is 14.5. The molecule has 3 aliphatic carbocycles. The fourth-order valence-electron chi connectivity index (χ4n) is 8.33. The van der Waals surface area contributed by atoms with E-state index in [0.29, 0.717) is 29.8 Å². The molecule has 1 aromatic rings. The Kier molecular flexibility index (Phi) is 5.60. The number of hydrogen-bond donors (Lipinski definition) is 0. The zero-order chi connectivity index (χ0) is 22.8. The fraction of sp³-hybridized carbons (Fsp3) is 0.750. The minimum Gasteiger partial charge on any atom is -0.426 e. The van der Waals surface area contributed by atoms with Crippen molar-refractivity contribution < 1.29 is 14.3 Å². The summed E-state index contributed by atoms with van der Waals surface area (Å²) in [6, 6.07) is 0. The van der Waals surface area contributed by atoms with Crippen molar-refractivity contribution in [2.45, 2.75) is 98.8 Å². The SMILES string of the molecule is COCCC(=O)Oc1c(C)c(C)c2c(c1C)C[C@H]1C2(C)CCC2C(C)(C)CCC[C@@]21C. The fourth-order valence-corrected chi connectivity index (χ4v) is 8.33. The molecule has 172 valence electrons. The average molecular weight is 427 g/mol. The van der Waals surface area contributed by atoms with Gasteiger partial charge in [0.1, 0.15) is 5.75 Å². The van der Waals surface area contributed by atoms with E-state index in [-0.39, 0.29) is 11.4 Å². The Bertz CT molecular complexity index is 898. The Morgan fingerprint density at radius 1 is 0.968 bits per heavy atom. The van der Waals surface area contributed by atoms with Gasteiger partial charge in [-0.1, -0.05) is 34.1 Å². The van der Waals surface area contributed by atoms with E-state index < -0.39 is 0 Å². The molecule has 0 N–H and O–H groups in total. The molecule has 3 aliphatic rings. The lowest BCUT2D eigenvalue weighted by atomic mass is 9.43. The average Bonchev–Trinajstić information content (AvgIpc) is 3.02. The van der Waals surface area contributed by atoms with E-state index in [2.05, 4.69) is 48.5 Å². The molecule has 2 saturated carbocycles. The van der Waals surface area contributed by atoms with Crippen molar-refractivity contribution >= 4 is 5.97 Å². The number of esters is 1. The second-order valence-electron chi connectivity index (χ2n) is 11.9. The number of rotatable bonds is 4. The highest BCUT2D eigenvalue weighted by molar-refractivity contribution is 5.74. The summed E-state index contributed by atoms with van der Waals surface area (Å²) in [7, 11) is 1.62. The molecule has 0 spiro atoms. The maximum Gasteiger partial charge on any atom is 0.313 e. The highest BCUT2D eigenvalue weighted by Gasteiger charge is 2.61. The Balaban J connectivity index is 1.77. The first-order valence-electron chi connectivity index (χ1n) is 12.3. The van der Waals surface area contributed by atoms with E-state index in [0.717, 1.165) is 23.7 Å². The molecule has 3 heteroatoms. The van der Waals surface area contributed by atoms with Crippen molar-refractivity contribution in [1.29, 1.82) is 0 Å². The molecule has 4 atom stereocenters. The minimum atomic E-state index is -0.199.